The summed E-state index contributed by atoms with van der Waals surface area (Å²) < 4.78 is 13.5. The number of anilines is 1. The molecule has 0 fully saturated rings. The molecule has 3 aromatic carbocycles. The molecule has 34 heavy (non-hydrogen) atoms. The minimum Gasteiger partial charge on any atom is -0.325 e. The van der Waals surface area contributed by atoms with Crippen LogP contribution < -0.4 is 16.0 Å². The summed E-state index contributed by atoms with van der Waals surface area (Å²) in [7, 11) is 0. The molecule has 9 heteroatoms. The Labute approximate surface area is 207 Å². The number of fused-ring (bicyclic) bond motifs is 1. The number of halogens is 2. The fourth-order valence-electron chi connectivity index (χ4n) is 3.63. The second kappa shape index (κ2) is 10.4. The van der Waals surface area contributed by atoms with Gasteiger partial charge in [0, 0.05) is 21.9 Å². The largest absolute Gasteiger partial charge is 0.325 e. The van der Waals surface area contributed by atoms with Gasteiger partial charge in [0.1, 0.15) is 5.82 Å². The molecule has 1 aliphatic heterocycles. The standard InChI is InChI=1S/C25H22ClFN4O2S/c26-17-8-11-21-19(12-17)22(16-4-2-1-3-5-16)29-23(30-24(32)20(28)14-34)25(33)31(21)13-15-6-9-18(27)10-7-15/h1-12,20,23,34H,13-14,28H2,(H,30,32). The Balaban J connectivity index is 1.86. The topological polar surface area (TPSA) is 87.8 Å². The van der Waals surface area contributed by atoms with Crippen LogP contribution in [0.4, 0.5) is 10.1 Å². The predicted molar refractivity (Wildman–Crippen MR) is 135 cm³/mol. The van der Waals surface area contributed by atoms with Crippen molar-refractivity contribution in [3.8, 4) is 0 Å². The van der Waals surface area contributed by atoms with Crippen molar-refractivity contribution in [2.45, 2.75) is 18.8 Å². The Hall–Kier alpha value is -3.20. The second-order valence-electron chi connectivity index (χ2n) is 7.76. The van der Waals surface area contributed by atoms with Crippen molar-refractivity contribution < 1.29 is 14.0 Å². The third-order valence-corrected chi connectivity index (χ3v) is 6.00. The van der Waals surface area contributed by atoms with Gasteiger partial charge in [0.25, 0.3) is 5.91 Å². The predicted octanol–water partition coefficient (Wildman–Crippen LogP) is 3.56. The number of benzodiazepines with no additional fused rings is 1. The highest BCUT2D eigenvalue weighted by Crippen LogP contribution is 2.32. The monoisotopic (exact) mass is 496 g/mol. The summed E-state index contributed by atoms with van der Waals surface area (Å²) in [5.41, 5.74) is 8.97. The van der Waals surface area contributed by atoms with E-state index in [2.05, 4.69) is 22.9 Å². The van der Waals surface area contributed by atoms with Crippen molar-refractivity contribution in [1.82, 2.24) is 5.32 Å². The maximum atomic E-state index is 13.7. The Bertz CT molecular complexity index is 1240. The first-order valence-electron chi connectivity index (χ1n) is 10.5. The molecule has 174 valence electrons. The summed E-state index contributed by atoms with van der Waals surface area (Å²) in [6.45, 7) is 0.135. The first-order chi connectivity index (χ1) is 16.4. The Kier molecular flexibility index (Phi) is 7.31. The molecular weight excluding hydrogens is 475 g/mol. The number of nitrogens with zero attached hydrogens (tertiary/aromatic N) is 2. The minimum absolute atomic E-state index is 0.108. The lowest BCUT2D eigenvalue weighted by atomic mass is 10.00. The van der Waals surface area contributed by atoms with Crippen molar-refractivity contribution in [3.05, 3.63) is 100 Å². The highest BCUT2D eigenvalue weighted by atomic mass is 35.5. The lowest BCUT2D eigenvalue weighted by molar-refractivity contribution is -0.127. The van der Waals surface area contributed by atoms with Crippen LogP contribution in [0.1, 0.15) is 16.7 Å². The van der Waals surface area contributed by atoms with E-state index in [4.69, 9.17) is 17.3 Å². The first kappa shape index (κ1) is 23.9. The van der Waals surface area contributed by atoms with E-state index in [1.165, 1.54) is 17.0 Å². The molecule has 1 heterocycles. The fraction of sp³-hybridized carbons (Fsp3) is 0.160. The number of carbonyl (C=O) groups is 2. The molecule has 4 rings (SSSR count). The number of nitrogens with one attached hydrogen (secondary N) is 1. The minimum atomic E-state index is -1.24. The van der Waals surface area contributed by atoms with E-state index in [1.807, 2.05) is 30.3 Å². The number of aliphatic imine (C=N–C) groups is 1. The average Bonchev–Trinajstić information content (AvgIpc) is 2.95. The number of carbonyl (C=O) groups excluding carboxylic acids is 2. The van der Waals surface area contributed by atoms with Gasteiger partial charge in [-0.05, 0) is 35.9 Å². The van der Waals surface area contributed by atoms with Crippen LogP contribution in [0.25, 0.3) is 0 Å². The molecule has 0 bridgehead atoms. The van der Waals surface area contributed by atoms with E-state index in [0.717, 1.165) is 5.56 Å². The van der Waals surface area contributed by atoms with E-state index in [0.29, 0.717) is 27.5 Å². The van der Waals surface area contributed by atoms with Gasteiger partial charge in [-0.1, -0.05) is 54.1 Å². The highest BCUT2D eigenvalue weighted by Gasteiger charge is 2.34. The zero-order chi connectivity index (χ0) is 24.2. The molecule has 1 aliphatic rings. The maximum Gasteiger partial charge on any atom is 0.272 e. The van der Waals surface area contributed by atoms with Crippen LogP contribution >= 0.6 is 24.2 Å². The highest BCUT2D eigenvalue weighted by molar-refractivity contribution is 7.80. The van der Waals surface area contributed by atoms with Crippen LogP contribution in [0.3, 0.4) is 0 Å². The summed E-state index contributed by atoms with van der Waals surface area (Å²) in [5.74, 6) is -1.27. The Morgan fingerprint density at radius 1 is 1.15 bits per heavy atom. The van der Waals surface area contributed by atoms with Crippen LogP contribution in [-0.4, -0.2) is 35.5 Å². The van der Waals surface area contributed by atoms with Crippen LogP contribution in [-0.2, 0) is 16.1 Å². The van der Waals surface area contributed by atoms with E-state index >= 15 is 0 Å². The molecule has 2 unspecified atom stereocenters. The smallest absolute Gasteiger partial charge is 0.272 e. The van der Waals surface area contributed by atoms with Gasteiger partial charge in [0.2, 0.25) is 12.1 Å². The SMILES string of the molecule is NC(CS)C(=O)NC1N=C(c2ccccc2)c2cc(Cl)ccc2N(Cc2ccc(F)cc2)C1=O. The first-order valence-corrected chi connectivity index (χ1v) is 11.5. The Morgan fingerprint density at radius 3 is 2.53 bits per heavy atom. The van der Waals surface area contributed by atoms with Crippen molar-refractivity contribution in [2.24, 2.45) is 10.7 Å². The third kappa shape index (κ3) is 5.14. The van der Waals surface area contributed by atoms with E-state index in [9.17, 15) is 14.0 Å². The van der Waals surface area contributed by atoms with Crippen LogP contribution in [0, 0.1) is 5.82 Å². The van der Waals surface area contributed by atoms with Crippen molar-refractivity contribution in [1.29, 1.82) is 0 Å². The summed E-state index contributed by atoms with van der Waals surface area (Å²) in [4.78, 5) is 32.5. The van der Waals surface area contributed by atoms with Crippen molar-refractivity contribution >= 4 is 47.4 Å². The third-order valence-electron chi connectivity index (χ3n) is 5.38. The number of rotatable bonds is 6. The maximum absolute atomic E-state index is 13.7. The van der Waals surface area contributed by atoms with E-state index in [1.54, 1.807) is 30.3 Å². The van der Waals surface area contributed by atoms with Gasteiger partial charge in [0.15, 0.2) is 0 Å². The Morgan fingerprint density at radius 2 is 1.85 bits per heavy atom. The number of amides is 2. The van der Waals surface area contributed by atoms with E-state index < -0.39 is 24.0 Å². The zero-order valence-corrected chi connectivity index (χ0v) is 19.6. The summed E-state index contributed by atoms with van der Waals surface area (Å²) in [6.07, 6.45) is -1.24. The molecule has 2 atom stereocenters. The number of benzene rings is 3. The molecule has 0 radical (unpaired) electrons. The van der Waals surface area contributed by atoms with Crippen LogP contribution in [0.15, 0.2) is 77.8 Å². The molecule has 0 saturated heterocycles. The lowest BCUT2D eigenvalue weighted by Crippen LogP contribution is -2.52. The van der Waals surface area contributed by atoms with Gasteiger partial charge < -0.3 is 16.0 Å². The zero-order valence-electron chi connectivity index (χ0n) is 18.0. The van der Waals surface area contributed by atoms with Gasteiger partial charge >= 0.3 is 0 Å². The molecule has 0 aromatic heterocycles. The normalized spacial score (nSPS) is 16.4. The van der Waals surface area contributed by atoms with E-state index in [-0.39, 0.29) is 18.1 Å². The molecule has 0 aliphatic carbocycles. The van der Waals surface area contributed by atoms with Gasteiger partial charge in [-0.15, -0.1) is 0 Å². The van der Waals surface area contributed by atoms with Gasteiger partial charge in [-0.2, -0.15) is 12.6 Å². The fourth-order valence-corrected chi connectivity index (χ4v) is 3.97. The van der Waals surface area contributed by atoms with Gasteiger partial charge in [0.05, 0.1) is 24.0 Å². The summed E-state index contributed by atoms with van der Waals surface area (Å²) in [5, 5.41) is 3.12. The summed E-state index contributed by atoms with van der Waals surface area (Å²) in [6, 6.07) is 19.4. The number of thiol groups is 1. The van der Waals surface area contributed by atoms with Crippen molar-refractivity contribution in [2.75, 3.05) is 10.7 Å². The molecule has 0 spiro atoms. The quantitative estimate of drug-likeness (QED) is 0.456. The van der Waals surface area contributed by atoms with Crippen LogP contribution in [0.5, 0.6) is 0 Å². The summed E-state index contributed by atoms with van der Waals surface area (Å²) >= 11 is 10.4. The average molecular weight is 497 g/mol. The van der Waals surface area contributed by atoms with Crippen molar-refractivity contribution in [3.63, 3.8) is 0 Å². The number of hydrogen-bond acceptors (Lipinski definition) is 5. The molecule has 3 aromatic rings. The van der Waals surface area contributed by atoms with Gasteiger partial charge in [-0.25, -0.2) is 9.38 Å². The van der Waals surface area contributed by atoms with Gasteiger partial charge in [-0.3, -0.25) is 9.59 Å². The molecule has 2 amide bonds. The second-order valence-corrected chi connectivity index (χ2v) is 8.56. The number of nitrogens with two attached hydrogens (primary N) is 1. The number of hydrogen-bond donors (Lipinski definition) is 3. The molecular formula is C25H22ClFN4O2S. The molecule has 6 nitrogen and oxygen atoms in total. The molecule has 3 N–H and O–H groups in total. The molecule has 0 saturated carbocycles. The lowest BCUT2D eigenvalue weighted by Gasteiger charge is -2.26. The van der Waals surface area contributed by atoms with Crippen LogP contribution in [0.2, 0.25) is 5.02 Å².